The molecule has 13 heavy (non-hydrogen) atoms. The van der Waals surface area contributed by atoms with Crippen LogP contribution in [0.5, 0.6) is 0 Å². The van der Waals surface area contributed by atoms with Crippen LogP contribution in [0.2, 0.25) is 0 Å². The number of ketones is 1. The smallest absolute Gasteiger partial charge is 0.165 e. The minimum Gasteiger partial charge on any atom is -0.396 e. The standard InChI is InChI=1S/C10H12FNO/c1-2-4-9(13)7-5-3-6-8(12)10(7)11/h3,5-6H,2,4,12H2,1H3. The predicted octanol–water partition coefficient (Wildman–Crippen LogP) is 2.39. The number of hydrogen-bond donors (Lipinski definition) is 1. The zero-order valence-electron chi connectivity index (χ0n) is 7.51. The van der Waals surface area contributed by atoms with Gasteiger partial charge in [0.1, 0.15) is 0 Å². The van der Waals surface area contributed by atoms with Gasteiger partial charge in [-0.1, -0.05) is 13.0 Å². The van der Waals surface area contributed by atoms with Crippen LogP contribution in [0.4, 0.5) is 10.1 Å². The molecule has 2 nitrogen and oxygen atoms in total. The predicted molar refractivity (Wildman–Crippen MR) is 50.1 cm³/mol. The lowest BCUT2D eigenvalue weighted by Crippen LogP contribution is -2.04. The van der Waals surface area contributed by atoms with Crippen molar-refractivity contribution in [3.05, 3.63) is 29.6 Å². The molecular weight excluding hydrogens is 169 g/mol. The fraction of sp³-hybridized carbons (Fsp3) is 0.300. The number of benzene rings is 1. The van der Waals surface area contributed by atoms with E-state index in [1.165, 1.54) is 12.1 Å². The molecule has 3 heteroatoms. The van der Waals surface area contributed by atoms with Gasteiger partial charge in [0.25, 0.3) is 0 Å². The molecule has 0 radical (unpaired) electrons. The number of carbonyl (C=O) groups is 1. The monoisotopic (exact) mass is 181 g/mol. The molecule has 2 N–H and O–H groups in total. The van der Waals surface area contributed by atoms with Crippen LogP contribution in [0.3, 0.4) is 0 Å². The van der Waals surface area contributed by atoms with Crippen LogP contribution in [0, 0.1) is 5.82 Å². The topological polar surface area (TPSA) is 43.1 Å². The third kappa shape index (κ3) is 2.05. The molecule has 0 aromatic heterocycles. The normalized spacial score (nSPS) is 10.0. The van der Waals surface area contributed by atoms with Crippen molar-refractivity contribution in [1.29, 1.82) is 0 Å². The minimum atomic E-state index is -0.596. The Balaban J connectivity index is 3.01. The van der Waals surface area contributed by atoms with Crippen LogP contribution in [0.25, 0.3) is 0 Å². The first-order chi connectivity index (χ1) is 6.16. The van der Waals surface area contributed by atoms with Crippen LogP contribution < -0.4 is 5.73 Å². The molecule has 0 bridgehead atoms. The Morgan fingerprint density at radius 3 is 2.85 bits per heavy atom. The highest BCUT2D eigenvalue weighted by Crippen LogP contribution is 2.16. The minimum absolute atomic E-state index is 0.0296. The highest BCUT2D eigenvalue weighted by atomic mass is 19.1. The van der Waals surface area contributed by atoms with Crippen molar-refractivity contribution in [1.82, 2.24) is 0 Å². The zero-order chi connectivity index (χ0) is 9.84. The average Bonchev–Trinajstić information content (AvgIpc) is 2.10. The Hall–Kier alpha value is -1.38. The maximum absolute atomic E-state index is 13.2. The van der Waals surface area contributed by atoms with E-state index in [1.807, 2.05) is 6.92 Å². The van der Waals surface area contributed by atoms with Crippen molar-refractivity contribution >= 4 is 11.5 Å². The molecule has 0 saturated carbocycles. The highest BCUT2D eigenvalue weighted by molar-refractivity contribution is 5.97. The SMILES string of the molecule is CCCC(=O)c1cccc(N)c1F. The molecule has 0 saturated heterocycles. The van der Waals surface area contributed by atoms with Crippen LogP contribution in [-0.2, 0) is 0 Å². The molecule has 0 unspecified atom stereocenters. The summed E-state index contributed by atoms with van der Waals surface area (Å²) in [7, 11) is 0. The first-order valence-electron chi connectivity index (χ1n) is 4.24. The quantitative estimate of drug-likeness (QED) is 0.574. The summed E-state index contributed by atoms with van der Waals surface area (Å²) in [6, 6.07) is 4.49. The van der Waals surface area contributed by atoms with Crippen molar-refractivity contribution in [3.63, 3.8) is 0 Å². The summed E-state index contributed by atoms with van der Waals surface area (Å²) in [5.74, 6) is -0.784. The van der Waals surface area contributed by atoms with Gasteiger partial charge in [-0.05, 0) is 18.6 Å². The maximum Gasteiger partial charge on any atom is 0.165 e. The van der Waals surface area contributed by atoms with Gasteiger partial charge in [-0.2, -0.15) is 0 Å². The third-order valence-electron chi connectivity index (χ3n) is 1.81. The molecule has 0 atom stereocenters. The van der Waals surface area contributed by atoms with Crippen molar-refractivity contribution in [2.45, 2.75) is 19.8 Å². The van der Waals surface area contributed by atoms with Gasteiger partial charge in [-0.3, -0.25) is 4.79 Å². The van der Waals surface area contributed by atoms with Gasteiger partial charge in [0.2, 0.25) is 0 Å². The van der Waals surface area contributed by atoms with Gasteiger partial charge in [0.05, 0.1) is 11.3 Å². The maximum atomic E-state index is 13.2. The van der Waals surface area contributed by atoms with E-state index in [0.29, 0.717) is 12.8 Å². The summed E-state index contributed by atoms with van der Waals surface area (Å²) in [6.07, 6.45) is 1.08. The van der Waals surface area contributed by atoms with E-state index < -0.39 is 5.82 Å². The van der Waals surface area contributed by atoms with Gasteiger partial charge < -0.3 is 5.73 Å². The second-order valence-electron chi connectivity index (χ2n) is 2.88. The van der Waals surface area contributed by atoms with E-state index in [0.717, 1.165) is 0 Å². The number of anilines is 1. The number of hydrogen-bond acceptors (Lipinski definition) is 2. The van der Waals surface area contributed by atoms with Gasteiger partial charge in [-0.25, -0.2) is 4.39 Å². The largest absolute Gasteiger partial charge is 0.396 e. The lowest BCUT2D eigenvalue weighted by Gasteiger charge is -2.02. The zero-order valence-corrected chi connectivity index (χ0v) is 7.51. The third-order valence-corrected chi connectivity index (χ3v) is 1.81. The second kappa shape index (κ2) is 4.03. The van der Waals surface area contributed by atoms with E-state index in [4.69, 9.17) is 5.73 Å². The van der Waals surface area contributed by atoms with Crippen LogP contribution in [0.1, 0.15) is 30.1 Å². The summed E-state index contributed by atoms with van der Waals surface area (Å²) in [6.45, 7) is 1.88. The van der Waals surface area contributed by atoms with Crippen LogP contribution in [-0.4, -0.2) is 5.78 Å². The number of nitrogen functional groups attached to an aromatic ring is 1. The first kappa shape index (κ1) is 9.71. The lowest BCUT2D eigenvalue weighted by molar-refractivity contribution is 0.0978. The van der Waals surface area contributed by atoms with E-state index in [9.17, 15) is 9.18 Å². The summed E-state index contributed by atoms with van der Waals surface area (Å²) in [5.41, 5.74) is 5.46. The van der Waals surface area contributed by atoms with Gasteiger partial charge in [0, 0.05) is 6.42 Å². The Morgan fingerprint density at radius 1 is 1.54 bits per heavy atom. The van der Waals surface area contributed by atoms with E-state index >= 15 is 0 Å². The van der Waals surface area contributed by atoms with Crippen molar-refractivity contribution < 1.29 is 9.18 Å². The van der Waals surface area contributed by atoms with Crippen molar-refractivity contribution in [2.75, 3.05) is 5.73 Å². The number of halogens is 1. The lowest BCUT2D eigenvalue weighted by atomic mass is 10.1. The number of rotatable bonds is 3. The number of carbonyl (C=O) groups excluding carboxylic acids is 1. The van der Waals surface area contributed by atoms with Crippen LogP contribution in [0.15, 0.2) is 18.2 Å². The molecule has 0 amide bonds. The fourth-order valence-electron chi connectivity index (χ4n) is 1.13. The number of nitrogens with two attached hydrogens (primary N) is 1. The molecule has 0 heterocycles. The van der Waals surface area contributed by atoms with Gasteiger partial charge in [0.15, 0.2) is 11.6 Å². The Morgan fingerprint density at radius 2 is 2.23 bits per heavy atom. The molecular formula is C10H12FNO. The summed E-state index contributed by atoms with van der Waals surface area (Å²) in [4.78, 5) is 11.3. The molecule has 0 aliphatic carbocycles. The van der Waals surface area contributed by atoms with E-state index in [1.54, 1.807) is 6.07 Å². The summed E-state index contributed by atoms with van der Waals surface area (Å²) >= 11 is 0. The van der Waals surface area contributed by atoms with Gasteiger partial charge in [-0.15, -0.1) is 0 Å². The second-order valence-corrected chi connectivity index (χ2v) is 2.88. The summed E-state index contributed by atoms with van der Waals surface area (Å²) in [5, 5.41) is 0. The summed E-state index contributed by atoms with van der Waals surface area (Å²) < 4.78 is 13.2. The molecule has 1 aromatic rings. The Labute approximate surface area is 76.6 Å². The molecule has 0 fully saturated rings. The van der Waals surface area contributed by atoms with E-state index in [-0.39, 0.29) is 17.0 Å². The average molecular weight is 181 g/mol. The highest BCUT2D eigenvalue weighted by Gasteiger charge is 2.11. The molecule has 70 valence electrons. The molecule has 0 spiro atoms. The molecule has 1 aromatic carbocycles. The first-order valence-corrected chi connectivity index (χ1v) is 4.24. The molecule has 1 rings (SSSR count). The van der Waals surface area contributed by atoms with Crippen LogP contribution >= 0.6 is 0 Å². The fourth-order valence-corrected chi connectivity index (χ4v) is 1.13. The Kier molecular flexibility index (Phi) is 3.01. The van der Waals surface area contributed by atoms with Gasteiger partial charge >= 0.3 is 0 Å². The Bertz CT molecular complexity index is 323. The van der Waals surface area contributed by atoms with Crippen molar-refractivity contribution in [2.24, 2.45) is 0 Å². The van der Waals surface area contributed by atoms with Crippen molar-refractivity contribution in [3.8, 4) is 0 Å². The molecule has 0 aliphatic heterocycles. The molecule has 0 aliphatic rings. The number of Topliss-reactive ketones (excluding diaryl/α,β-unsaturated/α-hetero) is 1. The van der Waals surface area contributed by atoms with E-state index in [2.05, 4.69) is 0 Å².